The Morgan fingerprint density at radius 3 is 1.21 bits per heavy atom. The molecule has 0 atom stereocenters. The number of unbranched alkanes of at least 4 members (excludes halogenated alkanes) is 4. The first kappa shape index (κ1) is 26.2. The van der Waals surface area contributed by atoms with Gasteiger partial charge in [0.25, 0.3) is 0 Å². The SMILES string of the molecule is O=C(C=CC(=O)OCCCCCOC(F)(F)F)OCCCCCOC(F)(F)F. The molecule has 0 fully saturated rings. The van der Waals surface area contributed by atoms with E-state index < -0.39 is 37.9 Å². The van der Waals surface area contributed by atoms with E-state index in [1.54, 1.807) is 0 Å². The van der Waals surface area contributed by atoms with Crippen LogP contribution >= 0.6 is 0 Å². The molecule has 0 bridgehead atoms. The van der Waals surface area contributed by atoms with E-state index in [2.05, 4.69) is 9.47 Å². The maximum absolute atomic E-state index is 11.7. The van der Waals surface area contributed by atoms with Gasteiger partial charge in [-0.2, -0.15) is 0 Å². The fourth-order valence-electron chi connectivity index (χ4n) is 1.72. The second kappa shape index (κ2) is 14.2. The predicted octanol–water partition coefficient (Wildman–Crippen LogP) is 4.04. The maximum Gasteiger partial charge on any atom is 0.522 e. The van der Waals surface area contributed by atoms with Gasteiger partial charge in [0.2, 0.25) is 0 Å². The molecule has 0 heterocycles. The van der Waals surface area contributed by atoms with Crippen molar-refractivity contribution < 1.29 is 54.9 Å². The topological polar surface area (TPSA) is 71.1 Å². The van der Waals surface area contributed by atoms with Crippen molar-refractivity contribution in [3.8, 4) is 0 Å². The summed E-state index contributed by atoms with van der Waals surface area (Å²) in [4.78, 5) is 22.6. The molecule has 6 nitrogen and oxygen atoms in total. The molecule has 0 aromatic carbocycles. The van der Waals surface area contributed by atoms with Crippen LogP contribution in [0.5, 0.6) is 0 Å². The Balaban J connectivity index is 3.58. The number of hydrogen-bond donors (Lipinski definition) is 0. The Labute approximate surface area is 157 Å². The number of hydrogen-bond acceptors (Lipinski definition) is 6. The average molecular weight is 424 g/mol. The first-order valence-corrected chi connectivity index (χ1v) is 8.42. The molecular formula is C16H22F6O6. The highest BCUT2D eigenvalue weighted by atomic mass is 19.4. The highest BCUT2D eigenvalue weighted by Crippen LogP contribution is 2.17. The minimum Gasteiger partial charge on any atom is -0.463 e. The monoisotopic (exact) mass is 424 g/mol. The van der Waals surface area contributed by atoms with Gasteiger partial charge in [-0.25, -0.2) is 9.59 Å². The molecule has 0 aliphatic rings. The molecule has 0 saturated carbocycles. The highest BCUT2D eigenvalue weighted by Gasteiger charge is 2.28. The van der Waals surface area contributed by atoms with Gasteiger partial charge in [0.05, 0.1) is 26.4 Å². The second-order valence-electron chi connectivity index (χ2n) is 5.38. The van der Waals surface area contributed by atoms with Gasteiger partial charge >= 0.3 is 24.7 Å². The van der Waals surface area contributed by atoms with E-state index in [4.69, 9.17) is 9.47 Å². The molecule has 0 aromatic rings. The number of carbonyl (C=O) groups is 2. The van der Waals surface area contributed by atoms with E-state index in [1.165, 1.54) is 0 Å². The molecule has 28 heavy (non-hydrogen) atoms. The number of rotatable bonds is 14. The molecule has 0 aliphatic carbocycles. The molecule has 0 saturated heterocycles. The van der Waals surface area contributed by atoms with E-state index in [1.807, 2.05) is 0 Å². The molecular weight excluding hydrogens is 402 g/mol. The van der Waals surface area contributed by atoms with Crippen LogP contribution in [0, 0.1) is 0 Å². The Kier molecular flexibility index (Phi) is 13.3. The summed E-state index contributed by atoms with van der Waals surface area (Å²) in [6.07, 6.45) is -5.93. The number of alkyl halides is 6. The summed E-state index contributed by atoms with van der Waals surface area (Å²) < 4.78 is 86.8. The number of carbonyl (C=O) groups excluding carboxylic acids is 2. The Morgan fingerprint density at radius 1 is 0.571 bits per heavy atom. The summed E-state index contributed by atoms with van der Waals surface area (Å²) in [7, 11) is 0. The molecule has 12 heteroatoms. The lowest BCUT2D eigenvalue weighted by atomic mass is 10.2. The van der Waals surface area contributed by atoms with E-state index in [-0.39, 0.29) is 26.1 Å². The van der Waals surface area contributed by atoms with E-state index in [0.717, 1.165) is 12.2 Å². The van der Waals surface area contributed by atoms with Crippen molar-refractivity contribution in [2.24, 2.45) is 0 Å². The van der Waals surface area contributed by atoms with E-state index in [0.29, 0.717) is 25.7 Å². The molecule has 164 valence electrons. The number of esters is 2. The molecule has 0 unspecified atom stereocenters. The van der Waals surface area contributed by atoms with Gasteiger partial charge in [-0.05, 0) is 38.5 Å². The van der Waals surface area contributed by atoms with Gasteiger partial charge < -0.3 is 9.47 Å². The van der Waals surface area contributed by atoms with Crippen LogP contribution in [0.1, 0.15) is 38.5 Å². The van der Waals surface area contributed by atoms with Crippen molar-refractivity contribution in [1.29, 1.82) is 0 Å². The zero-order chi connectivity index (χ0) is 21.5. The minimum absolute atomic E-state index is 0.0236. The molecule has 0 rings (SSSR count). The van der Waals surface area contributed by atoms with Crippen LogP contribution in [0.25, 0.3) is 0 Å². The standard InChI is InChI=1S/C16H22F6O6/c17-15(18,19)27-11-5-1-3-9-25-13(23)7-8-14(24)26-10-4-2-6-12-28-16(20,21)22/h7-8H,1-6,9-12H2. The van der Waals surface area contributed by atoms with Crippen molar-refractivity contribution in [3.63, 3.8) is 0 Å². The normalized spacial score (nSPS) is 12.4. The van der Waals surface area contributed by atoms with Crippen LogP contribution in [-0.4, -0.2) is 51.1 Å². The predicted molar refractivity (Wildman–Crippen MR) is 82.8 cm³/mol. The molecule has 0 N–H and O–H groups in total. The molecule has 0 aromatic heterocycles. The lowest BCUT2D eigenvalue weighted by Gasteiger charge is -2.07. The Bertz CT molecular complexity index is 433. The first-order valence-electron chi connectivity index (χ1n) is 8.42. The van der Waals surface area contributed by atoms with Gasteiger partial charge in [-0.15, -0.1) is 26.3 Å². The summed E-state index contributed by atoms with van der Waals surface area (Å²) >= 11 is 0. The van der Waals surface area contributed by atoms with Gasteiger partial charge in [0, 0.05) is 12.2 Å². The van der Waals surface area contributed by atoms with Crippen LogP contribution in [0.2, 0.25) is 0 Å². The molecule has 0 spiro atoms. The van der Waals surface area contributed by atoms with E-state index in [9.17, 15) is 35.9 Å². The summed E-state index contributed by atoms with van der Waals surface area (Å²) in [5.41, 5.74) is 0. The molecule has 0 radical (unpaired) electrons. The third-order valence-corrected chi connectivity index (χ3v) is 2.95. The summed E-state index contributed by atoms with van der Waals surface area (Å²) in [5, 5.41) is 0. The fourth-order valence-corrected chi connectivity index (χ4v) is 1.72. The van der Waals surface area contributed by atoms with Gasteiger partial charge in [0.1, 0.15) is 0 Å². The van der Waals surface area contributed by atoms with Gasteiger partial charge in [-0.3, -0.25) is 9.47 Å². The van der Waals surface area contributed by atoms with Gasteiger partial charge in [0.15, 0.2) is 0 Å². The maximum atomic E-state index is 11.7. The second-order valence-corrected chi connectivity index (χ2v) is 5.38. The average Bonchev–Trinajstić information content (AvgIpc) is 2.56. The Hall–Kier alpha value is -1.82. The first-order chi connectivity index (χ1) is 13.0. The summed E-state index contributed by atoms with van der Waals surface area (Å²) in [5.74, 6) is -1.62. The minimum atomic E-state index is -4.66. The lowest BCUT2D eigenvalue weighted by molar-refractivity contribution is -0.325. The third kappa shape index (κ3) is 20.5. The summed E-state index contributed by atoms with van der Waals surface area (Å²) in [6.45, 7) is -0.994. The Morgan fingerprint density at radius 2 is 0.893 bits per heavy atom. The number of halogens is 6. The van der Waals surface area contributed by atoms with Crippen molar-refractivity contribution in [3.05, 3.63) is 12.2 Å². The molecule has 0 aliphatic heterocycles. The fraction of sp³-hybridized carbons (Fsp3) is 0.750. The van der Waals surface area contributed by atoms with Crippen LogP contribution < -0.4 is 0 Å². The largest absolute Gasteiger partial charge is 0.522 e. The smallest absolute Gasteiger partial charge is 0.463 e. The summed E-state index contributed by atoms with van der Waals surface area (Å²) in [6, 6.07) is 0. The lowest BCUT2D eigenvalue weighted by Crippen LogP contribution is -2.14. The zero-order valence-electron chi connectivity index (χ0n) is 14.9. The van der Waals surface area contributed by atoms with Crippen LogP contribution in [-0.2, 0) is 28.5 Å². The van der Waals surface area contributed by atoms with Crippen LogP contribution in [0.3, 0.4) is 0 Å². The zero-order valence-corrected chi connectivity index (χ0v) is 14.9. The quantitative estimate of drug-likeness (QED) is 0.181. The van der Waals surface area contributed by atoms with Crippen molar-refractivity contribution in [1.82, 2.24) is 0 Å². The third-order valence-electron chi connectivity index (χ3n) is 2.95. The van der Waals surface area contributed by atoms with Crippen molar-refractivity contribution in [2.75, 3.05) is 26.4 Å². The molecule has 0 amide bonds. The van der Waals surface area contributed by atoms with Gasteiger partial charge in [-0.1, -0.05) is 0 Å². The van der Waals surface area contributed by atoms with E-state index >= 15 is 0 Å². The van der Waals surface area contributed by atoms with Crippen LogP contribution in [0.4, 0.5) is 26.3 Å². The van der Waals surface area contributed by atoms with Crippen molar-refractivity contribution in [2.45, 2.75) is 51.2 Å². The highest BCUT2D eigenvalue weighted by molar-refractivity contribution is 5.91. The van der Waals surface area contributed by atoms with Crippen molar-refractivity contribution >= 4 is 11.9 Å². The number of ether oxygens (including phenoxy) is 4. The van der Waals surface area contributed by atoms with Crippen LogP contribution in [0.15, 0.2) is 12.2 Å².